The van der Waals surface area contributed by atoms with Gasteiger partial charge in [-0.2, -0.15) is 0 Å². The van der Waals surface area contributed by atoms with Crippen LogP contribution in [0.4, 0.5) is 0 Å². The molecule has 1 rings (SSSR count). The van der Waals surface area contributed by atoms with Gasteiger partial charge in [-0.1, -0.05) is 20.8 Å². The first-order valence-electron chi connectivity index (χ1n) is 5.00. The molecule has 0 radical (unpaired) electrons. The number of nitrogens with one attached hydrogen (secondary N) is 2. The lowest BCUT2D eigenvalue weighted by Crippen LogP contribution is -2.52. The summed E-state index contributed by atoms with van der Waals surface area (Å²) in [5.74, 6) is 0.163. The van der Waals surface area contributed by atoms with Gasteiger partial charge in [0.15, 0.2) is 0 Å². The number of rotatable bonds is 2. The predicted molar refractivity (Wildman–Crippen MR) is 53.5 cm³/mol. The number of piperazine rings is 1. The van der Waals surface area contributed by atoms with E-state index in [0.717, 1.165) is 25.9 Å². The van der Waals surface area contributed by atoms with Gasteiger partial charge in [0, 0.05) is 13.1 Å². The van der Waals surface area contributed by atoms with Crippen LogP contribution in [0, 0.1) is 5.41 Å². The minimum absolute atomic E-state index is 0.0352. The molecule has 0 bridgehead atoms. The predicted octanol–water partition coefficient (Wildman–Crippen LogP) is 0.901. The first-order valence-corrected chi connectivity index (χ1v) is 5.00. The Morgan fingerprint density at radius 3 is 2.62 bits per heavy atom. The van der Waals surface area contributed by atoms with Gasteiger partial charge in [0.1, 0.15) is 0 Å². The highest BCUT2D eigenvalue weighted by Crippen LogP contribution is 2.21. The summed E-state index contributed by atoms with van der Waals surface area (Å²) in [6.07, 6.45) is 2.02. The lowest BCUT2D eigenvalue weighted by Gasteiger charge is -2.26. The van der Waals surface area contributed by atoms with Gasteiger partial charge in [0.25, 0.3) is 0 Å². The van der Waals surface area contributed by atoms with Gasteiger partial charge in [-0.3, -0.25) is 4.79 Å². The van der Waals surface area contributed by atoms with Gasteiger partial charge < -0.3 is 10.6 Å². The highest BCUT2D eigenvalue weighted by molar-refractivity contribution is 5.82. The van der Waals surface area contributed by atoms with Crippen LogP contribution in [0.5, 0.6) is 0 Å². The van der Waals surface area contributed by atoms with E-state index in [1.165, 1.54) is 0 Å². The first kappa shape index (κ1) is 10.5. The topological polar surface area (TPSA) is 41.1 Å². The number of hydrogen-bond acceptors (Lipinski definition) is 2. The Morgan fingerprint density at radius 2 is 2.08 bits per heavy atom. The quantitative estimate of drug-likeness (QED) is 0.669. The van der Waals surface area contributed by atoms with Gasteiger partial charge >= 0.3 is 0 Å². The molecule has 0 aromatic carbocycles. The van der Waals surface area contributed by atoms with Crippen molar-refractivity contribution >= 4 is 5.91 Å². The molecule has 0 aliphatic carbocycles. The molecule has 1 heterocycles. The van der Waals surface area contributed by atoms with Crippen LogP contribution < -0.4 is 10.6 Å². The minimum Gasteiger partial charge on any atom is -0.353 e. The lowest BCUT2D eigenvalue weighted by atomic mass is 9.88. The number of carbonyl (C=O) groups is 1. The van der Waals surface area contributed by atoms with Crippen molar-refractivity contribution in [2.24, 2.45) is 5.41 Å². The molecule has 1 saturated heterocycles. The molecule has 2 N–H and O–H groups in total. The van der Waals surface area contributed by atoms with Crippen molar-refractivity contribution in [3.05, 3.63) is 0 Å². The van der Waals surface area contributed by atoms with Crippen LogP contribution in [-0.2, 0) is 4.79 Å². The molecule has 1 atom stereocenters. The van der Waals surface area contributed by atoms with E-state index in [1.54, 1.807) is 0 Å². The van der Waals surface area contributed by atoms with E-state index >= 15 is 0 Å². The summed E-state index contributed by atoms with van der Waals surface area (Å²) in [4.78, 5) is 11.3. The third-order valence-electron chi connectivity index (χ3n) is 2.31. The summed E-state index contributed by atoms with van der Waals surface area (Å²) < 4.78 is 0. The van der Waals surface area contributed by atoms with Gasteiger partial charge in [-0.05, 0) is 18.3 Å². The van der Waals surface area contributed by atoms with Gasteiger partial charge in [-0.25, -0.2) is 0 Å². The molecular formula is C10H20N2O. The number of carbonyl (C=O) groups excluding carboxylic acids is 1. The van der Waals surface area contributed by atoms with Crippen LogP contribution in [-0.4, -0.2) is 25.0 Å². The van der Waals surface area contributed by atoms with Gasteiger partial charge in [0.2, 0.25) is 5.91 Å². The SMILES string of the molecule is CC(C)(C)CCC1NCCNC1=O. The zero-order valence-electron chi connectivity index (χ0n) is 8.81. The summed E-state index contributed by atoms with van der Waals surface area (Å²) >= 11 is 0. The van der Waals surface area contributed by atoms with E-state index in [0.29, 0.717) is 5.41 Å². The smallest absolute Gasteiger partial charge is 0.237 e. The highest BCUT2D eigenvalue weighted by Gasteiger charge is 2.23. The Hall–Kier alpha value is -0.570. The van der Waals surface area contributed by atoms with E-state index in [-0.39, 0.29) is 11.9 Å². The van der Waals surface area contributed by atoms with E-state index in [9.17, 15) is 4.79 Å². The van der Waals surface area contributed by atoms with Crippen molar-refractivity contribution in [3.8, 4) is 0 Å². The fourth-order valence-corrected chi connectivity index (χ4v) is 1.46. The molecule has 0 spiro atoms. The molecule has 1 aliphatic heterocycles. The molecule has 3 nitrogen and oxygen atoms in total. The van der Waals surface area contributed by atoms with E-state index in [4.69, 9.17) is 0 Å². The maximum absolute atomic E-state index is 11.3. The second-order valence-corrected chi connectivity index (χ2v) is 4.90. The summed E-state index contributed by atoms with van der Waals surface area (Å²) in [5, 5.41) is 6.10. The average Bonchev–Trinajstić information content (AvgIpc) is 2.01. The third kappa shape index (κ3) is 3.77. The molecule has 1 unspecified atom stereocenters. The van der Waals surface area contributed by atoms with Crippen molar-refractivity contribution in [2.75, 3.05) is 13.1 Å². The van der Waals surface area contributed by atoms with Crippen molar-refractivity contribution < 1.29 is 4.79 Å². The van der Waals surface area contributed by atoms with E-state index in [2.05, 4.69) is 31.4 Å². The molecule has 0 aromatic rings. The van der Waals surface area contributed by atoms with Crippen LogP contribution in [0.2, 0.25) is 0 Å². The molecule has 1 aliphatic rings. The van der Waals surface area contributed by atoms with Gasteiger partial charge in [-0.15, -0.1) is 0 Å². The fourth-order valence-electron chi connectivity index (χ4n) is 1.46. The normalized spacial score (nSPS) is 24.2. The Kier molecular flexibility index (Phi) is 3.31. The summed E-state index contributed by atoms with van der Waals surface area (Å²) in [7, 11) is 0. The molecule has 76 valence electrons. The van der Waals surface area contributed by atoms with Crippen molar-refractivity contribution in [1.82, 2.24) is 10.6 Å². The van der Waals surface area contributed by atoms with Gasteiger partial charge in [0.05, 0.1) is 6.04 Å². The third-order valence-corrected chi connectivity index (χ3v) is 2.31. The molecule has 1 amide bonds. The second kappa shape index (κ2) is 4.09. The highest BCUT2D eigenvalue weighted by atomic mass is 16.2. The zero-order chi connectivity index (χ0) is 9.90. The molecule has 0 saturated carbocycles. The molecule has 0 aromatic heterocycles. The van der Waals surface area contributed by atoms with Crippen molar-refractivity contribution in [3.63, 3.8) is 0 Å². The monoisotopic (exact) mass is 184 g/mol. The van der Waals surface area contributed by atoms with Crippen LogP contribution in [0.25, 0.3) is 0 Å². The number of amides is 1. The van der Waals surface area contributed by atoms with Crippen LogP contribution in [0.15, 0.2) is 0 Å². The Labute approximate surface area is 80.3 Å². The van der Waals surface area contributed by atoms with E-state index in [1.807, 2.05) is 0 Å². The first-order chi connectivity index (χ1) is 5.99. The largest absolute Gasteiger partial charge is 0.353 e. The van der Waals surface area contributed by atoms with E-state index < -0.39 is 0 Å². The van der Waals surface area contributed by atoms with Crippen molar-refractivity contribution in [1.29, 1.82) is 0 Å². The molecule has 3 heteroatoms. The summed E-state index contributed by atoms with van der Waals surface area (Å²) in [6, 6.07) is 0.0352. The van der Waals surface area contributed by atoms with Crippen LogP contribution in [0.3, 0.4) is 0 Å². The Morgan fingerprint density at radius 1 is 1.38 bits per heavy atom. The molecule has 1 fully saturated rings. The maximum Gasteiger partial charge on any atom is 0.237 e. The summed E-state index contributed by atoms with van der Waals surface area (Å²) in [6.45, 7) is 8.28. The van der Waals surface area contributed by atoms with Crippen molar-refractivity contribution in [2.45, 2.75) is 39.7 Å². The second-order valence-electron chi connectivity index (χ2n) is 4.90. The fraction of sp³-hybridized carbons (Fsp3) is 0.900. The maximum atomic E-state index is 11.3. The van der Waals surface area contributed by atoms with Crippen LogP contribution >= 0.6 is 0 Å². The zero-order valence-corrected chi connectivity index (χ0v) is 8.81. The average molecular weight is 184 g/mol. The lowest BCUT2D eigenvalue weighted by molar-refractivity contribution is -0.124. The summed E-state index contributed by atoms with van der Waals surface area (Å²) in [5.41, 5.74) is 0.319. The Balaban J connectivity index is 2.31. The minimum atomic E-state index is 0.0352. The Bertz CT molecular complexity index is 184. The van der Waals surface area contributed by atoms with Crippen LogP contribution in [0.1, 0.15) is 33.6 Å². The molecular weight excluding hydrogens is 164 g/mol. The standard InChI is InChI=1S/C10H20N2O/c1-10(2,3)5-4-8-9(13)12-7-6-11-8/h8,11H,4-7H2,1-3H3,(H,12,13). The molecule has 13 heavy (non-hydrogen) atoms. The number of hydrogen-bond donors (Lipinski definition) is 2.